The Labute approximate surface area is 193 Å². The quantitative estimate of drug-likeness (QED) is 0.495. The molecule has 1 N–H and O–H groups in total. The van der Waals surface area contributed by atoms with Crippen LogP contribution in [0.25, 0.3) is 0 Å². The van der Waals surface area contributed by atoms with Gasteiger partial charge in [-0.1, -0.05) is 59.6 Å². The van der Waals surface area contributed by atoms with Crippen LogP contribution in [0.15, 0.2) is 77.7 Å². The van der Waals surface area contributed by atoms with Gasteiger partial charge in [0.1, 0.15) is 12.3 Å². The highest BCUT2D eigenvalue weighted by Gasteiger charge is 2.29. The molecule has 168 valence electrons. The highest BCUT2D eigenvalue weighted by atomic mass is 35.5. The van der Waals surface area contributed by atoms with E-state index in [0.29, 0.717) is 23.1 Å². The Hall–Kier alpha value is -3.03. The van der Waals surface area contributed by atoms with Crippen LogP contribution in [0.4, 0.5) is 5.69 Å². The van der Waals surface area contributed by atoms with Crippen molar-refractivity contribution in [3.63, 3.8) is 0 Å². The highest BCUT2D eigenvalue weighted by molar-refractivity contribution is 7.92. The smallest absolute Gasteiger partial charge is 0.264 e. The van der Waals surface area contributed by atoms with E-state index in [1.54, 1.807) is 54.6 Å². The van der Waals surface area contributed by atoms with Crippen molar-refractivity contribution in [2.24, 2.45) is 0 Å². The van der Waals surface area contributed by atoms with Gasteiger partial charge >= 0.3 is 0 Å². The molecule has 0 saturated carbocycles. The molecule has 0 atom stereocenters. The number of carbonyl (C=O) groups excluding carboxylic acids is 1. The van der Waals surface area contributed by atoms with Gasteiger partial charge in [-0.05, 0) is 49.7 Å². The van der Waals surface area contributed by atoms with E-state index in [1.807, 2.05) is 19.9 Å². The molecule has 1 amide bonds. The Morgan fingerprint density at radius 2 is 1.66 bits per heavy atom. The van der Waals surface area contributed by atoms with E-state index in [-0.39, 0.29) is 11.4 Å². The van der Waals surface area contributed by atoms with E-state index >= 15 is 0 Å². The minimum atomic E-state index is -4.03. The number of sulfonamides is 1. The first kappa shape index (κ1) is 23.6. The van der Waals surface area contributed by atoms with Gasteiger partial charge in [-0.15, -0.1) is 0 Å². The van der Waals surface area contributed by atoms with Crippen LogP contribution in [0.2, 0.25) is 5.02 Å². The first-order valence-corrected chi connectivity index (χ1v) is 12.0. The van der Waals surface area contributed by atoms with E-state index in [0.717, 1.165) is 15.4 Å². The molecule has 0 radical (unpaired) electrons. The van der Waals surface area contributed by atoms with Crippen LogP contribution in [0.3, 0.4) is 0 Å². The van der Waals surface area contributed by atoms with Gasteiger partial charge in [0, 0.05) is 11.6 Å². The molecule has 32 heavy (non-hydrogen) atoms. The van der Waals surface area contributed by atoms with Gasteiger partial charge in [0.25, 0.3) is 10.0 Å². The Morgan fingerprint density at radius 1 is 1.00 bits per heavy atom. The van der Waals surface area contributed by atoms with Crippen molar-refractivity contribution < 1.29 is 17.9 Å². The van der Waals surface area contributed by atoms with E-state index < -0.39 is 22.5 Å². The number of nitrogens with one attached hydrogen (secondary N) is 1. The minimum absolute atomic E-state index is 0.0910. The molecule has 0 saturated heterocycles. The molecule has 0 aliphatic rings. The third-order valence-corrected chi connectivity index (χ3v) is 6.91. The van der Waals surface area contributed by atoms with Gasteiger partial charge in [-0.25, -0.2) is 8.42 Å². The van der Waals surface area contributed by atoms with Crippen molar-refractivity contribution in [1.29, 1.82) is 0 Å². The normalized spacial score (nSPS) is 11.1. The fraction of sp³-hybridized carbons (Fsp3) is 0.208. The molecule has 0 aromatic heterocycles. The minimum Gasteiger partial charge on any atom is -0.492 e. The SMILES string of the molecule is CCOc1ccccc1N(CC(=O)NCc1ccccc1Cl)S(=O)(=O)c1ccc(C)cc1. The molecule has 0 unspecified atom stereocenters. The lowest BCUT2D eigenvalue weighted by Crippen LogP contribution is -2.41. The predicted octanol–water partition coefficient (Wildman–Crippen LogP) is 4.56. The molecule has 0 bridgehead atoms. The zero-order chi connectivity index (χ0) is 23.1. The van der Waals surface area contributed by atoms with Crippen molar-refractivity contribution in [3.05, 3.63) is 88.9 Å². The molecule has 0 spiro atoms. The second-order valence-corrected chi connectivity index (χ2v) is 9.36. The molecule has 3 aromatic rings. The molecule has 0 aliphatic carbocycles. The Balaban J connectivity index is 1.93. The number of nitrogens with zero attached hydrogens (tertiary/aromatic N) is 1. The third-order valence-electron chi connectivity index (χ3n) is 4.76. The predicted molar refractivity (Wildman–Crippen MR) is 127 cm³/mol. The Bertz CT molecular complexity index is 1180. The van der Waals surface area contributed by atoms with Crippen LogP contribution < -0.4 is 14.4 Å². The van der Waals surface area contributed by atoms with Gasteiger partial charge in [-0.2, -0.15) is 0 Å². The average Bonchev–Trinajstić information content (AvgIpc) is 2.78. The van der Waals surface area contributed by atoms with Crippen LogP contribution in [0.1, 0.15) is 18.1 Å². The summed E-state index contributed by atoms with van der Waals surface area (Å²) >= 11 is 6.16. The van der Waals surface area contributed by atoms with Crippen molar-refractivity contribution >= 4 is 33.2 Å². The number of rotatable bonds is 9. The standard InChI is InChI=1S/C24H25ClN2O4S/c1-3-31-23-11-7-6-10-22(23)27(32(29,30)20-14-12-18(2)13-15-20)17-24(28)26-16-19-8-4-5-9-21(19)25/h4-15H,3,16-17H2,1-2H3,(H,26,28). The van der Waals surface area contributed by atoms with Gasteiger partial charge in [-0.3, -0.25) is 9.10 Å². The third kappa shape index (κ3) is 5.60. The summed E-state index contributed by atoms with van der Waals surface area (Å²) in [5.74, 6) is -0.0866. The van der Waals surface area contributed by atoms with E-state index in [4.69, 9.17) is 16.3 Å². The van der Waals surface area contributed by atoms with Crippen LogP contribution in [0.5, 0.6) is 5.75 Å². The van der Waals surface area contributed by atoms with Crippen LogP contribution in [-0.2, 0) is 21.4 Å². The number of aryl methyl sites for hydroxylation is 1. The lowest BCUT2D eigenvalue weighted by molar-refractivity contribution is -0.119. The Kier molecular flexibility index (Phi) is 7.77. The van der Waals surface area contributed by atoms with Gasteiger partial charge in [0.2, 0.25) is 5.91 Å². The molecule has 0 fully saturated rings. The summed E-state index contributed by atoms with van der Waals surface area (Å²) in [6.45, 7) is 3.82. The van der Waals surface area contributed by atoms with Gasteiger partial charge < -0.3 is 10.1 Å². The molecule has 0 aliphatic heterocycles. The summed E-state index contributed by atoms with van der Waals surface area (Å²) in [6, 6.07) is 20.4. The second kappa shape index (κ2) is 10.5. The highest BCUT2D eigenvalue weighted by Crippen LogP contribution is 2.32. The average molecular weight is 473 g/mol. The molecule has 6 nitrogen and oxygen atoms in total. The number of hydrogen-bond acceptors (Lipinski definition) is 4. The fourth-order valence-corrected chi connectivity index (χ4v) is 4.73. The molecule has 3 aromatic carbocycles. The largest absolute Gasteiger partial charge is 0.492 e. The van der Waals surface area contributed by atoms with E-state index in [2.05, 4.69) is 5.32 Å². The summed E-state index contributed by atoms with van der Waals surface area (Å²) in [6.07, 6.45) is 0. The summed E-state index contributed by atoms with van der Waals surface area (Å²) in [5.41, 5.74) is 1.97. The number of amides is 1. The zero-order valence-corrected chi connectivity index (χ0v) is 19.5. The second-order valence-electron chi connectivity index (χ2n) is 7.09. The number of ether oxygens (including phenoxy) is 1. The lowest BCUT2D eigenvalue weighted by Gasteiger charge is -2.26. The van der Waals surface area contributed by atoms with Crippen LogP contribution >= 0.6 is 11.6 Å². The van der Waals surface area contributed by atoms with Crippen molar-refractivity contribution in [2.75, 3.05) is 17.5 Å². The van der Waals surface area contributed by atoms with Crippen molar-refractivity contribution in [1.82, 2.24) is 5.32 Å². The number of halogens is 1. The number of hydrogen-bond donors (Lipinski definition) is 1. The topological polar surface area (TPSA) is 75.7 Å². The summed E-state index contributed by atoms with van der Waals surface area (Å²) < 4.78 is 33.8. The maximum Gasteiger partial charge on any atom is 0.264 e. The maximum atomic E-state index is 13.5. The fourth-order valence-electron chi connectivity index (χ4n) is 3.10. The summed E-state index contributed by atoms with van der Waals surface area (Å²) in [7, 11) is -4.03. The lowest BCUT2D eigenvalue weighted by atomic mass is 10.2. The van der Waals surface area contributed by atoms with E-state index in [9.17, 15) is 13.2 Å². The van der Waals surface area contributed by atoms with Crippen molar-refractivity contribution in [3.8, 4) is 5.75 Å². The number of carbonyl (C=O) groups is 1. The molecular formula is C24H25ClN2O4S. The summed E-state index contributed by atoms with van der Waals surface area (Å²) in [5, 5.41) is 3.28. The first-order valence-electron chi connectivity index (χ1n) is 10.1. The van der Waals surface area contributed by atoms with Crippen molar-refractivity contribution in [2.45, 2.75) is 25.3 Å². The number of anilines is 1. The molecule has 3 rings (SSSR count). The van der Waals surface area contributed by atoms with Crippen LogP contribution in [-0.4, -0.2) is 27.5 Å². The molecule has 0 heterocycles. The molecular weight excluding hydrogens is 448 g/mol. The monoisotopic (exact) mass is 472 g/mol. The van der Waals surface area contributed by atoms with E-state index in [1.165, 1.54) is 12.1 Å². The Morgan fingerprint density at radius 3 is 2.34 bits per heavy atom. The van der Waals surface area contributed by atoms with Gasteiger partial charge in [0.15, 0.2) is 0 Å². The number of para-hydroxylation sites is 2. The van der Waals surface area contributed by atoms with Crippen LogP contribution in [0, 0.1) is 6.92 Å². The van der Waals surface area contributed by atoms with Gasteiger partial charge in [0.05, 0.1) is 17.2 Å². The maximum absolute atomic E-state index is 13.5. The number of benzene rings is 3. The molecule has 8 heteroatoms. The zero-order valence-electron chi connectivity index (χ0n) is 17.9. The first-order chi connectivity index (χ1) is 15.3. The summed E-state index contributed by atoms with van der Waals surface area (Å²) in [4.78, 5) is 12.9.